The number of aliphatic carboxylic acids is 1. The maximum absolute atomic E-state index is 11.0. The fraction of sp³-hybridized carbons (Fsp3) is 0.231. The Morgan fingerprint density at radius 2 is 2.22 bits per heavy atom. The molecule has 0 saturated carbocycles. The minimum Gasteiger partial charge on any atom is -0.480 e. The fourth-order valence-corrected chi connectivity index (χ4v) is 2.05. The first-order chi connectivity index (χ1) is 8.63. The molecule has 0 fully saturated rings. The molecule has 18 heavy (non-hydrogen) atoms. The highest BCUT2D eigenvalue weighted by molar-refractivity contribution is 5.85. The number of carbonyl (C=O) groups excluding carboxylic acids is 1. The number of aryl methyl sites for hydroxylation is 1. The minimum atomic E-state index is -1.12. The van der Waals surface area contributed by atoms with Crippen molar-refractivity contribution >= 4 is 23.0 Å². The van der Waals surface area contributed by atoms with E-state index in [4.69, 9.17) is 5.11 Å². The second kappa shape index (κ2) is 4.85. The van der Waals surface area contributed by atoms with Crippen LogP contribution in [0.2, 0.25) is 0 Å². The van der Waals surface area contributed by atoms with E-state index in [0.29, 0.717) is 0 Å². The summed E-state index contributed by atoms with van der Waals surface area (Å²) in [6, 6.07) is 6.62. The number of aliphatic imine (C=N–C) groups is 1. The highest BCUT2D eigenvalue weighted by atomic mass is 16.4. The van der Waals surface area contributed by atoms with Crippen molar-refractivity contribution in [3.8, 4) is 0 Å². The Labute approximate surface area is 103 Å². The third kappa shape index (κ3) is 2.17. The van der Waals surface area contributed by atoms with Crippen LogP contribution in [0.3, 0.4) is 0 Å². The van der Waals surface area contributed by atoms with Gasteiger partial charge in [-0.3, -0.25) is 0 Å². The maximum atomic E-state index is 11.0. The van der Waals surface area contributed by atoms with Gasteiger partial charge >= 0.3 is 5.97 Å². The number of hydrogen-bond acceptors (Lipinski definition) is 3. The van der Waals surface area contributed by atoms with E-state index >= 15 is 0 Å². The number of carbonyl (C=O) groups is 1. The van der Waals surface area contributed by atoms with Crippen LogP contribution in [0.15, 0.2) is 35.5 Å². The lowest BCUT2D eigenvalue weighted by Crippen LogP contribution is -2.20. The lowest BCUT2D eigenvalue weighted by molar-refractivity contribution is -0.138. The maximum Gasteiger partial charge on any atom is 0.329 e. The lowest BCUT2D eigenvalue weighted by Gasteiger charge is -2.03. The molecular formula is C13H12N2O3. The molecule has 0 saturated heterocycles. The van der Waals surface area contributed by atoms with Crippen molar-refractivity contribution in [3.63, 3.8) is 0 Å². The van der Waals surface area contributed by atoms with Gasteiger partial charge in [0.15, 0.2) is 6.04 Å². The molecule has 0 bridgehead atoms. The van der Waals surface area contributed by atoms with E-state index in [2.05, 4.69) is 4.99 Å². The largest absolute Gasteiger partial charge is 0.480 e. The molecule has 2 rings (SSSR count). The van der Waals surface area contributed by atoms with Crippen LogP contribution in [-0.4, -0.2) is 27.8 Å². The summed E-state index contributed by atoms with van der Waals surface area (Å²) in [4.78, 5) is 24.5. The number of isocyanates is 1. The number of carboxylic acid groups (broad SMARTS) is 1. The topological polar surface area (TPSA) is 71.7 Å². The summed E-state index contributed by atoms with van der Waals surface area (Å²) in [5, 5.41) is 9.94. The summed E-state index contributed by atoms with van der Waals surface area (Å²) in [5.74, 6) is -1.12. The number of para-hydroxylation sites is 1. The van der Waals surface area contributed by atoms with Gasteiger partial charge in [-0.1, -0.05) is 18.2 Å². The highest BCUT2D eigenvalue weighted by Crippen LogP contribution is 2.22. The van der Waals surface area contributed by atoms with Crippen molar-refractivity contribution < 1.29 is 14.7 Å². The molecule has 5 heteroatoms. The summed E-state index contributed by atoms with van der Waals surface area (Å²) in [5.41, 5.74) is 1.88. The molecule has 1 heterocycles. The van der Waals surface area contributed by atoms with E-state index < -0.39 is 12.0 Å². The van der Waals surface area contributed by atoms with Crippen molar-refractivity contribution in [3.05, 3.63) is 36.0 Å². The van der Waals surface area contributed by atoms with Gasteiger partial charge in [-0.05, 0) is 11.6 Å². The van der Waals surface area contributed by atoms with Crippen molar-refractivity contribution in [1.29, 1.82) is 0 Å². The molecule has 0 aliphatic carbocycles. The van der Waals surface area contributed by atoms with Crippen molar-refractivity contribution in [2.75, 3.05) is 0 Å². The Hall–Kier alpha value is -2.39. The van der Waals surface area contributed by atoms with E-state index in [-0.39, 0.29) is 6.42 Å². The molecule has 0 aliphatic rings. The van der Waals surface area contributed by atoms with Gasteiger partial charge in [0.05, 0.1) is 0 Å². The molecule has 0 radical (unpaired) electrons. The number of benzene rings is 1. The van der Waals surface area contributed by atoms with Crippen molar-refractivity contribution in [2.24, 2.45) is 12.0 Å². The van der Waals surface area contributed by atoms with E-state index in [1.165, 1.54) is 6.08 Å². The Morgan fingerprint density at radius 3 is 2.89 bits per heavy atom. The zero-order valence-electron chi connectivity index (χ0n) is 9.83. The summed E-state index contributed by atoms with van der Waals surface area (Å²) >= 11 is 0. The van der Waals surface area contributed by atoms with Gasteiger partial charge in [-0.2, -0.15) is 4.99 Å². The second-order valence-corrected chi connectivity index (χ2v) is 4.06. The third-order valence-electron chi connectivity index (χ3n) is 2.89. The molecule has 92 valence electrons. The first-order valence-electron chi connectivity index (χ1n) is 5.46. The molecular weight excluding hydrogens is 232 g/mol. The zero-order valence-corrected chi connectivity index (χ0v) is 9.83. The monoisotopic (exact) mass is 244 g/mol. The first-order valence-corrected chi connectivity index (χ1v) is 5.46. The van der Waals surface area contributed by atoms with Gasteiger partial charge in [0.1, 0.15) is 0 Å². The van der Waals surface area contributed by atoms with Crippen LogP contribution in [-0.2, 0) is 23.1 Å². The number of aromatic nitrogens is 1. The normalized spacial score (nSPS) is 12.1. The lowest BCUT2D eigenvalue weighted by atomic mass is 10.1. The van der Waals surface area contributed by atoms with E-state index in [9.17, 15) is 9.59 Å². The summed E-state index contributed by atoms with van der Waals surface area (Å²) in [6.07, 6.45) is 3.36. The molecule has 0 amide bonds. The Balaban J connectivity index is 2.42. The summed E-state index contributed by atoms with van der Waals surface area (Å²) in [6.45, 7) is 0. The summed E-state index contributed by atoms with van der Waals surface area (Å²) in [7, 11) is 1.89. The smallest absolute Gasteiger partial charge is 0.329 e. The number of hydrogen-bond donors (Lipinski definition) is 1. The summed E-state index contributed by atoms with van der Waals surface area (Å²) < 4.78 is 1.92. The van der Waals surface area contributed by atoms with Crippen molar-refractivity contribution in [2.45, 2.75) is 12.5 Å². The van der Waals surface area contributed by atoms with Crippen LogP contribution in [0, 0.1) is 0 Å². The molecule has 0 unspecified atom stereocenters. The van der Waals surface area contributed by atoms with Crippen LogP contribution in [0.5, 0.6) is 0 Å². The number of carboxylic acids is 1. The van der Waals surface area contributed by atoms with Crippen LogP contribution in [0.1, 0.15) is 5.56 Å². The van der Waals surface area contributed by atoms with E-state index in [1.807, 2.05) is 42.1 Å². The van der Waals surface area contributed by atoms with Gasteiger partial charge in [-0.25, -0.2) is 9.59 Å². The first kappa shape index (κ1) is 12.1. The quantitative estimate of drug-likeness (QED) is 0.654. The van der Waals surface area contributed by atoms with E-state index in [0.717, 1.165) is 16.5 Å². The molecule has 1 N–H and O–H groups in total. The van der Waals surface area contributed by atoms with Crippen molar-refractivity contribution in [1.82, 2.24) is 4.57 Å². The van der Waals surface area contributed by atoms with E-state index in [1.54, 1.807) is 0 Å². The van der Waals surface area contributed by atoms with Crippen LogP contribution in [0.25, 0.3) is 10.9 Å². The Bertz CT molecular complexity index is 637. The van der Waals surface area contributed by atoms with Gasteiger partial charge < -0.3 is 9.67 Å². The number of nitrogens with zero attached hydrogens (tertiary/aromatic N) is 2. The molecule has 5 nitrogen and oxygen atoms in total. The SMILES string of the molecule is Cn1cc(C[C@@H](N=C=O)C(=O)O)c2ccccc21. The third-order valence-corrected chi connectivity index (χ3v) is 2.89. The average molecular weight is 244 g/mol. The standard InChI is InChI=1S/C13H12N2O3/c1-15-7-9(6-11(13(17)18)14-8-16)10-4-2-3-5-12(10)15/h2-5,7,11H,6H2,1H3,(H,17,18)/t11-/m1/s1. The van der Waals surface area contributed by atoms with Crippen LogP contribution < -0.4 is 0 Å². The Kier molecular flexibility index (Phi) is 3.26. The number of fused-ring (bicyclic) bond motifs is 1. The second-order valence-electron chi connectivity index (χ2n) is 4.06. The molecule has 2 aromatic rings. The number of rotatable bonds is 4. The van der Waals surface area contributed by atoms with Gasteiger partial charge in [0.25, 0.3) is 0 Å². The molecule has 0 aliphatic heterocycles. The highest BCUT2D eigenvalue weighted by Gasteiger charge is 2.19. The predicted molar refractivity (Wildman–Crippen MR) is 66.2 cm³/mol. The fourth-order valence-electron chi connectivity index (χ4n) is 2.05. The average Bonchev–Trinajstić information content (AvgIpc) is 2.66. The molecule has 1 aromatic carbocycles. The molecule has 1 aromatic heterocycles. The van der Waals surface area contributed by atoms with Crippen LogP contribution in [0.4, 0.5) is 0 Å². The Morgan fingerprint density at radius 1 is 1.50 bits per heavy atom. The predicted octanol–water partition coefficient (Wildman–Crippen LogP) is 1.51. The molecule has 0 spiro atoms. The van der Waals surface area contributed by atoms with Gasteiger partial charge in [0.2, 0.25) is 6.08 Å². The van der Waals surface area contributed by atoms with Gasteiger partial charge in [-0.15, -0.1) is 0 Å². The zero-order chi connectivity index (χ0) is 13.1. The minimum absolute atomic E-state index is 0.186. The van der Waals surface area contributed by atoms with Crippen LogP contribution >= 0.6 is 0 Å². The molecule has 1 atom stereocenters. The van der Waals surface area contributed by atoms with Gasteiger partial charge in [0, 0.05) is 30.6 Å².